The lowest BCUT2D eigenvalue weighted by atomic mass is 9.84. The second-order valence-corrected chi connectivity index (χ2v) is 4.97. The SMILES string of the molecule is C[C@H](NC(=O)C1CC1)C1CCCCC1. The summed E-state index contributed by atoms with van der Waals surface area (Å²) in [6, 6.07) is 0.406. The largest absolute Gasteiger partial charge is 0.353 e. The molecular formula is C12H21NO. The van der Waals surface area contributed by atoms with Gasteiger partial charge < -0.3 is 5.32 Å². The van der Waals surface area contributed by atoms with Crippen LogP contribution in [0.2, 0.25) is 0 Å². The molecule has 2 nitrogen and oxygen atoms in total. The van der Waals surface area contributed by atoms with Gasteiger partial charge in [-0.05, 0) is 38.5 Å². The fourth-order valence-corrected chi connectivity index (χ4v) is 2.44. The van der Waals surface area contributed by atoms with Crippen LogP contribution >= 0.6 is 0 Å². The van der Waals surface area contributed by atoms with Crippen LogP contribution in [0.5, 0.6) is 0 Å². The van der Waals surface area contributed by atoms with E-state index in [1.165, 1.54) is 32.1 Å². The lowest BCUT2D eigenvalue weighted by molar-refractivity contribution is -0.123. The summed E-state index contributed by atoms with van der Waals surface area (Å²) in [7, 11) is 0. The first-order valence-corrected chi connectivity index (χ1v) is 6.08. The molecule has 1 N–H and O–H groups in total. The van der Waals surface area contributed by atoms with Gasteiger partial charge in [0.15, 0.2) is 0 Å². The van der Waals surface area contributed by atoms with Gasteiger partial charge in [0.05, 0.1) is 0 Å². The molecule has 0 aromatic rings. The van der Waals surface area contributed by atoms with E-state index >= 15 is 0 Å². The highest BCUT2D eigenvalue weighted by atomic mass is 16.2. The summed E-state index contributed by atoms with van der Waals surface area (Å²) < 4.78 is 0. The standard InChI is InChI=1S/C12H21NO/c1-9(10-5-3-2-4-6-10)13-12(14)11-7-8-11/h9-11H,2-8H2,1H3,(H,13,14)/t9-/m0/s1. The molecule has 80 valence electrons. The zero-order chi connectivity index (χ0) is 9.97. The third-order valence-corrected chi connectivity index (χ3v) is 3.68. The number of hydrogen-bond acceptors (Lipinski definition) is 1. The zero-order valence-electron chi connectivity index (χ0n) is 9.09. The molecule has 0 aliphatic heterocycles. The van der Waals surface area contributed by atoms with Gasteiger partial charge in [0.25, 0.3) is 0 Å². The van der Waals surface area contributed by atoms with E-state index in [1.54, 1.807) is 0 Å². The number of hydrogen-bond donors (Lipinski definition) is 1. The van der Waals surface area contributed by atoms with Crippen LogP contribution in [-0.2, 0) is 4.79 Å². The Hall–Kier alpha value is -0.530. The summed E-state index contributed by atoms with van der Waals surface area (Å²) in [4.78, 5) is 11.5. The molecule has 2 saturated carbocycles. The highest BCUT2D eigenvalue weighted by Crippen LogP contribution is 2.30. The Morgan fingerprint density at radius 2 is 1.79 bits per heavy atom. The van der Waals surface area contributed by atoms with Gasteiger partial charge in [-0.25, -0.2) is 0 Å². The summed E-state index contributed by atoms with van der Waals surface area (Å²) >= 11 is 0. The molecule has 2 aliphatic rings. The van der Waals surface area contributed by atoms with E-state index in [2.05, 4.69) is 12.2 Å². The Morgan fingerprint density at radius 1 is 1.14 bits per heavy atom. The van der Waals surface area contributed by atoms with Crippen molar-refractivity contribution in [2.45, 2.75) is 57.9 Å². The lowest BCUT2D eigenvalue weighted by Crippen LogP contribution is -2.39. The van der Waals surface area contributed by atoms with Crippen LogP contribution in [0.25, 0.3) is 0 Å². The van der Waals surface area contributed by atoms with Crippen molar-refractivity contribution in [3.63, 3.8) is 0 Å². The summed E-state index contributed by atoms with van der Waals surface area (Å²) in [5.74, 6) is 1.41. The van der Waals surface area contributed by atoms with Crippen LogP contribution < -0.4 is 5.32 Å². The van der Waals surface area contributed by atoms with Crippen LogP contribution in [0.1, 0.15) is 51.9 Å². The second kappa shape index (κ2) is 4.33. The lowest BCUT2D eigenvalue weighted by Gasteiger charge is -2.28. The minimum Gasteiger partial charge on any atom is -0.353 e. The fourth-order valence-electron chi connectivity index (χ4n) is 2.44. The van der Waals surface area contributed by atoms with E-state index in [0.29, 0.717) is 17.9 Å². The highest BCUT2D eigenvalue weighted by molar-refractivity contribution is 5.81. The molecule has 2 rings (SSSR count). The normalized spacial score (nSPS) is 25.8. The fraction of sp³-hybridized carbons (Fsp3) is 0.917. The minimum absolute atomic E-state index is 0.308. The molecule has 0 spiro atoms. The molecule has 0 saturated heterocycles. The number of nitrogens with one attached hydrogen (secondary N) is 1. The average molecular weight is 195 g/mol. The van der Waals surface area contributed by atoms with Gasteiger partial charge in [-0.15, -0.1) is 0 Å². The van der Waals surface area contributed by atoms with Gasteiger partial charge >= 0.3 is 0 Å². The zero-order valence-corrected chi connectivity index (χ0v) is 9.09. The molecule has 2 fully saturated rings. The van der Waals surface area contributed by atoms with Gasteiger partial charge in [0, 0.05) is 12.0 Å². The Balaban J connectivity index is 1.75. The number of carbonyl (C=O) groups excluding carboxylic acids is 1. The molecule has 0 radical (unpaired) electrons. The molecule has 1 atom stereocenters. The molecule has 14 heavy (non-hydrogen) atoms. The van der Waals surface area contributed by atoms with Crippen molar-refractivity contribution >= 4 is 5.91 Å². The number of amides is 1. The molecule has 0 heterocycles. The molecule has 0 bridgehead atoms. The predicted molar refractivity (Wildman–Crippen MR) is 56.9 cm³/mol. The van der Waals surface area contributed by atoms with Crippen molar-refractivity contribution in [3.05, 3.63) is 0 Å². The summed E-state index contributed by atoms with van der Waals surface area (Å²) in [5, 5.41) is 3.17. The van der Waals surface area contributed by atoms with Gasteiger partial charge in [0.2, 0.25) is 5.91 Å². The molecule has 2 heteroatoms. The van der Waals surface area contributed by atoms with Gasteiger partial charge in [-0.3, -0.25) is 4.79 Å². The second-order valence-electron chi connectivity index (χ2n) is 4.97. The topological polar surface area (TPSA) is 29.1 Å². The van der Waals surface area contributed by atoms with Gasteiger partial charge in [-0.2, -0.15) is 0 Å². The van der Waals surface area contributed by atoms with Crippen molar-refractivity contribution in [1.29, 1.82) is 0 Å². The number of carbonyl (C=O) groups is 1. The van der Waals surface area contributed by atoms with Crippen molar-refractivity contribution in [3.8, 4) is 0 Å². The summed E-state index contributed by atoms with van der Waals surface area (Å²) in [5.41, 5.74) is 0. The molecule has 1 amide bonds. The van der Waals surface area contributed by atoms with Gasteiger partial charge in [0.1, 0.15) is 0 Å². The Morgan fingerprint density at radius 3 is 2.36 bits per heavy atom. The van der Waals surface area contributed by atoms with Gasteiger partial charge in [-0.1, -0.05) is 19.3 Å². The first-order valence-electron chi connectivity index (χ1n) is 6.08. The molecule has 0 unspecified atom stereocenters. The third-order valence-electron chi connectivity index (χ3n) is 3.68. The third kappa shape index (κ3) is 2.49. The Bertz CT molecular complexity index is 204. The maximum absolute atomic E-state index is 11.5. The monoisotopic (exact) mass is 195 g/mol. The van der Waals surface area contributed by atoms with E-state index in [0.717, 1.165) is 18.8 Å². The van der Waals surface area contributed by atoms with Crippen LogP contribution in [0, 0.1) is 11.8 Å². The van der Waals surface area contributed by atoms with Crippen LogP contribution in [0.15, 0.2) is 0 Å². The van der Waals surface area contributed by atoms with Crippen molar-refractivity contribution < 1.29 is 4.79 Å². The van der Waals surface area contributed by atoms with Crippen LogP contribution in [-0.4, -0.2) is 11.9 Å². The van der Waals surface area contributed by atoms with E-state index < -0.39 is 0 Å². The van der Waals surface area contributed by atoms with Crippen LogP contribution in [0.3, 0.4) is 0 Å². The van der Waals surface area contributed by atoms with E-state index in [1.807, 2.05) is 0 Å². The average Bonchev–Trinajstić information content (AvgIpc) is 3.02. The smallest absolute Gasteiger partial charge is 0.223 e. The molecular weight excluding hydrogens is 174 g/mol. The summed E-state index contributed by atoms with van der Waals surface area (Å²) in [6.07, 6.45) is 8.95. The minimum atomic E-state index is 0.308. The molecule has 0 aromatic heterocycles. The molecule has 2 aliphatic carbocycles. The number of rotatable bonds is 3. The Labute approximate surface area is 86.5 Å². The predicted octanol–water partition coefficient (Wildman–Crippen LogP) is 2.48. The highest BCUT2D eigenvalue weighted by Gasteiger charge is 2.31. The van der Waals surface area contributed by atoms with Crippen molar-refractivity contribution in [1.82, 2.24) is 5.32 Å². The maximum Gasteiger partial charge on any atom is 0.223 e. The Kier molecular flexibility index (Phi) is 3.09. The van der Waals surface area contributed by atoms with Crippen molar-refractivity contribution in [2.24, 2.45) is 11.8 Å². The summed E-state index contributed by atoms with van der Waals surface area (Å²) in [6.45, 7) is 2.18. The van der Waals surface area contributed by atoms with Crippen molar-refractivity contribution in [2.75, 3.05) is 0 Å². The quantitative estimate of drug-likeness (QED) is 0.736. The maximum atomic E-state index is 11.5. The molecule has 0 aromatic carbocycles. The first kappa shape index (κ1) is 10.0. The van der Waals surface area contributed by atoms with Crippen LogP contribution in [0.4, 0.5) is 0 Å². The first-order chi connectivity index (χ1) is 6.77. The van der Waals surface area contributed by atoms with E-state index in [-0.39, 0.29) is 0 Å². The van der Waals surface area contributed by atoms with E-state index in [9.17, 15) is 4.79 Å². The van der Waals surface area contributed by atoms with E-state index in [4.69, 9.17) is 0 Å².